The van der Waals surface area contributed by atoms with Crippen molar-refractivity contribution in [3.8, 4) is 0 Å². The van der Waals surface area contributed by atoms with E-state index in [1.165, 1.54) is 6.33 Å². The van der Waals surface area contributed by atoms with Gasteiger partial charge in [0.15, 0.2) is 0 Å². The van der Waals surface area contributed by atoms with E-state index in [2.05, 4.69) is 36.6 Å². The summed E-state index contributed by atoms with van der Waals surface area (Å²) in [6.07, 6.45) is 1.47. The predicted octanol–water partition coefficient (Wildman–Crippen LogP) is 4.62. The van der Waals surface area contributed by atoms with Crippen LogP contribution in [0.1, 0.15) is 18.5 Å². The Kier molecular flexibility index (Phi) is 4.72. The standard InChI is InChI=1S/C19H15BrClN5O/c1-11-16(18(27)25-15-7-5-14(21)6-8-15)17(12-3-2-4-13(20)9-12)26-19(24-11)22-10-23-26/h2-10,17H,1H3,(H,25,27)(H,22,23,24)/t17-/m1/s1. The molecule has 0 bridgehead atoms. The summed E-state index contributed by atoms with van der Waals surface area (Å²) in [5.41, 5.74) is 2.90. The molecule has 2 aromatic carbocycles. The van der Waals surface area contributed by atoms with Gasteiger partial charge in [-0.05, 0) is 48.9 Å². The molecule has 1 aliphatic rings. The summed E-state index contributed by atoms with van der Waals surface area (Å²) in [6.45, 7) is 1.86. The highest BCUT2D eigenvalue weighted by Crippen LogP contribution is 2.36. The zero-order chi connectivity index (χ0) is 19.0. The van der Waals surface area contributed by atoms with Crippen LogP contribution >= 0.6 is 27.5 Å². The van der Waals surface area contributed by atoms with Crippen molar-refractivity contribution in [1.29, 1.82) is 0 Å². The van der Waals surface area contributed by atoms with Crippen molar-refractivity contribution in [2.24, 2.45) is 0 Å². The Balaban J connectivity index is 1.76. The van der Waals surface area contributed by atoms with Gasteiger partial charge in [-0.15, -0.1) is 0 Å². The monoisotopic (exact) mass is 443 g/mol. The largest absolute Gasteiger partial charge is 0.328 e. The van der Waals surface area contributed by atoms with Crippen molar-refractivity contribution in [3.63, 3.8) is 0 Å². The second-order valence-electron chi connectivity index (χ2n) is 6.11. The summed E-state index contributed by atoms with van der Waals surface area (Å²) in [5.74, 6) is 0.383. The summed E-state index contributed by atoms with van der Waals surface area (Å²) in [7, 11) is 0. The van der Waals surface area contributed by atoms with E-state index in [0.717, 1.165) is 15.7 Å². The highest BCUT2D eigenvalue weighted by Gasteiger charge is 2.33. The van der Waals surface area contributed by atoms with Gasteiger partial charge < -0.3 is 10.6 Å². The van der Waals surface area contributed by atoms with Gasteiger partial charge in [-0.1, -0.05) is 39.7 Å². The fourth-order valence-electron chi connectivity index (χ4n) is 3.10. The molecule has 0 spiro atoms. The molecule has 1 aromatic heterocycles. The van der Waals surface area contributed by atoms with Gasteiger partial charge in [-0.3, -0.25) is 4.79 Å². The number of benzene rings is 2. The molecule has 27 heavy (non-hydrogen) atoms. The predicted molar refractivity (Wildman–Crippen MR) is 109 cm³/mol. The van der Waals surface area contributed by atoms with Crippen LogP contribution in [0, 0.1) is 0 Å². The first-order valence-electron chi connectivity index (χ1n) is 8.22. The first-order chi connectivity index (χ1) is 13.0. The van der Waals surface area contributed by atoms with Crippen molar-refractivity contribution < 1.29 is 4.79 Å². The number of allylic oxidation sites excluding steroid dienone is 1. The van der Waals surface area contributed by atoms with Gasteiger partial charge in [0.05, 0.1) is 5.57 Å². The molecule has 3 aromatic rings. The second kappa shape index (κ2) is 7.17. The number of anilines is 2. The molecule has 0 saturated carbocycles. The normalized spacial score (nSPS) is 15.9. The van der Waals surface area contributed by atoms with E-state index in [4.69, 9.17) is 11.6 Å². The number of carbonyl (C=O) groups excluding carboxylic acids is 1. The Morgan fingerprint density at radius 2 is 2.04 bits per heavy atom. The van der Waals surface area contributed by atoms with Crippen LogP contribution in [-0.2, 0) is 4.79 Å². The third-order valence-corrected chi connectivity index (χ3v) is 5.05. The third-order valence-electron chi connectivity index (χ3n) is 4.31. The second-order valence-corrected chi connectivity index (χ2v) is 7.46. The molecule has 0 unspecified atom stereocenters. The number of hydrogen-bond acceptors (Lipinski definition) is 4. The summed E-state index contributed by atoms with van der Waals surface area (Å²) >= 11 is 9.43. The van der Waals surface area contributed by atoms with Crippen LogP contribution in [0.2, 0.25) is 5.02 Å². The molecule has 2 heterocycles. The highest BCUT2D eigenvalue weighted by molar-refractivity contribution is 9.10. The van der Waals surface area contributed by atoms with Crippen LogP contribution in [0.3, 0.4) is 0 Å². The van der Waals surface area contributed by atoms with Gasteiger partial charge in [0.25, 0.3) is 5.91 Å². The van der Waals surface area contributed by atoms with Gasteiger partial charge in [-0.2, -0.15) is 10.1 Å². The summed E-state index contributed by atoms with van der Waals surface area (Å²) < 4.78 is 2.64. The van der Waals surface area contributed by atoms with Gasteiger partial charge in [0, 0.05) is 20.9 Å². The van der Waals surface area contributed by atoms with E-state index in [-0.39, 0.29) is 5.91 Å². The zero-order valence-corrected chi connectivity index (χ0v) is 16.6. The van der Waals surface area contributed by atoms with Crippen LogP contribution in [0.5, 0.6) is 0 Å². The average Bonchev–Trinajstić information content (AvgIpc) is 3.10. The Labute approximate surface area is 169 Å². The molecule has 2 N–H and O–H groups in total. The molecule has 136 valence electrons. The quantitative estimate of drug-likeness (QED) is 0.618. The first kappa shape index (κ1) is 17.8. The number of rotatable bonds is 3. The summed E-state index contributed by atoms with van der Waals surface area (Å²) in [4.78, 5) is 17.4. The number of nitrogens with one attached hydrogen (secondary N) is 2. The zero-order valence-electron chi connectivity index (χ0n) is 14.3. The number of halogens is 2. The van der Waals surface area contributed by atoms with E-state index >= 15 is 0 Å². The topological polar surface area (TPSA) is 71.8 Å². The van der Waals surface area contributed by atoms with E-state index in [9.17, 15) is 4.79 Å². The molecule has 8 heteroatoms. The van der Waals surface area contributed by atoms with E-state index in [0.29, 0.717) is 22.2 Å². The highest BCUT2D eigenvalue weighted by atomic mass is 79.9. The van der Waals surface area contributed by atoms with Crippen LogP contribution in [-0.4, -0.2) is 20.7 Å². The molecule has 0 fully saturated rings. The third kappa shape index (κ3) is 3.48. The van der Waals surface area contributed by atoms with Crippen molar-refractivity contribution in [3.05, 3.63) is 81.2 Å². The molecule has 1 amide bonds. The molecule has 0 saturated heterocycles. The van der Waals surface area contributed by atoms with Gasteiger partial charge in [-0.25, -0.2) is 4.68 Å². The molecule has 4 rings (SSSR count). The molecule has 0 aliphatic carbocycles. The molecular weight excluding hydrogens is 430 g/mol. The lowest BCUT2D eigenvalue weighted by molar-refractivity contribution is -0.113. The van der Waals surface area contributed by atoms with Crippen molar-refractivity contribution in [2.75, 3.05) is 10.6 Å². The fraction of sp³-hybridized carbons (Fsp3) is 0.105. The van der Waals surface area contributed by atoms with Crippen molar-refractivity contribution >= 4 is 45.1 Å². The Bertz CT molecular complexity index is 1040. The minimum absolute atomic E-state index is 0.214. The Hall–Kier alpha value is -2.64. The van der Waals surface area contributed by atoms with Crippen LogP contribution < -0.4 is 10.6 Å². The lowest BCUT2D eigenvalue weighted by atomic mass is 9.95. The van der Waals surface area contributed by atoms with E-state index in [1.54, 1.807) is 28.9 Å². The lowest BCUT2D eigenvalue weighted by Crippen LogP contribution is -2.31. The molecule has 1 atom stereocenters. The molecule has 0 radical (unpaired) electrons. The van der Waals surface area contributed by atoms with Gasteiger partial charge >= 0.3 is 0 Å². The van der Waals surface area contributed by atoms with Crippen LogP contribution in [0.25, 0.3) is 0 Å². The van der Waals surface area contributed by atoms with Crippen LogP contribution in [0.4, 0.5) is 11.6 Å². The molecule has 6 nitrogen and oxygen atoms in total. The van der Waals surface area contributed by atoms with Crippen molar-refractivity contribution in [2.45, 2.75) is 13.0 Å². The maximum atomic E-state index is 13.1. The Morgan fingerprint density at radius 3 is 2.78 bits per heavy atom. The smallest absolute Gasteiger partial charge is 0.255 e. The lowest BCUT2D eigenvalue weighted by Gasteiger charge is -2.28. The Morgan fingerprint density at radius 1 is 1.26 bits per heavy atom. The number of aromatic nitrogens is 3. The maximum absolute atomic E-state index is 13.1. The minimum Gasteiger partial charge on any atom is -0.328 e. The maximum Gasteiger partial charge on any atom is 0.255 e. The fourth-order valence-corrected chi connectivity index (χ4v) is 3.64. The van der Waals surface area contributed by atoms with Gasteiger partial charge in [0.1, 0.15) is 12.4 Å². The van der Waals surface area contributed by atoms with E-state index in [1.807, 2.05) is 31.2 Å². The number of carbonyl (C=O) groups is 1. The number of fused-ring (bicyclic) bond motifs is 1. The van der Waals surface area contributed by atoms with Crippen molar-refractivity contribution in [1.82, 2.24) is 14.8 Å². The average molecular weight is 445 g/mol. The minimum atomic E-state index is -0.395. The van der Waals surface area contributed by atoms with E-state index < -0.39 is 6.04 Å². The molecule has 1 aliphatic heterocycles. The summed E-state index contributed by atoms with van der Waals surface area (Å²) in [6, 6.07) is 14.4. The number of hydrogen-bond donors (Lipinski definition) is 2. The first-order valence-corrected chi connectivity index (χ1v) is 9.39. The number of amides is 1. The SMILES string of the molecule is CC1=C(C(=O)Nc2ccc(Cl)cc2)[C@@H](c2cccc(Br)c2)n2ncnc2N1. The van der Waals surface area contributed by atoms with Crippen LogP contribution in [0.15, 0.2) is 70.6 Å². The summed E-state index contributed by atoms with van der Waals surface area (Å²) in [5, 5.41) is 11.0. The number of nitrogens with zero attached hydrogens (tertiary/aromatic N) is 3. The molecular formula is C19H15BrClN5O. The van der Waals surface area contributed by atoms with Gasteiger partial charge in [0.2, 0.25) is 5.95 Å².